The zero-order chi connectivity index (χ0) is 15.2. The van der Waals surface area contributed by atoms with E-state index < -0.39 is 5.54 Å². The number of rotatable bonds is 4. The van der Waals surface area contributed by atoms with Crippen LogP contribution in [0.3, 0.4) is 0 Å². The first-order valence-electron chi connectivity index (χ1n) is 7.36. The fourth-order valence-electron chi connectivity index (χ4n) is 2.77. The second kappa shape index (κ2) is 4.81. The number of fused-ring (bicyclic) bond motifs is 1. The summed E-state index contributed by atoms with van der Waals surface area (Å²) in [6, 6.07) is 7.32. The van der Waals surface area contributed by atoms with Crippen LogP contribution in [0.1, 0.15) is 31.0 Å². The first kappa shape index (κ1) is 13.3. The maximum absolute atomic E-state index is 11.9. The van der Waals surface area contributed by atoms with Crippen molar-refractivity contribution in [3.63, 3.8) is 0 Å². The number of para-hydroxylation sites is 2. The third kappa shape index (κ3) is 2.05. The van der Waals surface area contributed by atoms with E-state index in [1.54, 1.807) is 10.6 Å². The highest BCUT2D eigenvalue weighted by molar-refractivity contribution is 5.72. The smallest absolute Gasteiger partial charge is 0.408 e. The van der Waals surface area contributed by atoms with Gasteiger partial charge in [-0.25, -0.2) is 4.79 Å². The summed E-state index contributed by atoms with van der Waals surface area (Å²) in [5.41, 5.74) is 7.09. The van der Waals surface area contributed by atoms with Crippen LogP contribution in [-0.4, -0.2) is 14.7 Å². The van der Waals surface area contributed by atoms with Gasteiger partial charge in [-0.3, -0.25) is 4.57 Å². The van der Waals surface area contributed by atoms with E-state index in [9.17, 15) is 4.79 Å². The standard InChI is InChI=1S/C15H16N4O3/c16-15(7-3-8-15)13-17-12(22-18-13)6-9-19-10-4-1-2-5-11(10)21-14(19)20/h1-2,4-5H,3,6-9,16H2. The molecule has 1 aliphatic carbocycles. The van der Waals surface area contributed by atoms with Gasteiger partial charge in [-0.2, -0.15) is 4.98 Å². The minimum Gasteiger partial charge on any atom is -0.408 e. The molecule has 1 aliphatic rings. The fraction of sp³-hybridized carbons (Fsp3) is 0.400. The highest BCUT2D eigenvalue weighted by atomic mass is 16.5. The lowest BCUT2D eigenvalue weighted by Crippen LogP contribution is -2.44. The molecular formula is C15H16N4O3. The van der Waals surface area contributed by atoms with Crippen molar-refractivity contribution in [2.45, 2.75) is 37.8 Å². The molecule has 1 aromatic carbocycles. The average Bonchev–Trinajstić information content (AvgIpc) is 3.07. The third-order valence-electron chi connectivity index (χ3n) is 4.28. The van der Waals surface area contributed by atoms with Gasteiger partial charge in [-0.15, -0.1) is 0 Å². The summed E-state index contributed by atoms with van der Waals surface area (Å²) in [5.74, 6) is 0.678. The van der Waals surface area contributed by atoms with Gasteiger partial charge in [0.1, 0.15) is 0 Å². The molecule has 0 radical (unpaired) electrons. The molecule has 3 aromatic rings. The van der Waals surface area contributed by atoms with E-state index in [2.05, 4.69) is 10.1 Å². The topological polar surface area (TPSA) is 100 Å². The number of aromatic nitrogens is 3. The molecule has 0 aliphatic heterocycles. The maximum Gasteiger partial charge on any atom is 0.419 e. The van der Waals surface area contributed by atoms with Crippen LogP contribution in [-0.2, 0) is 18.5 Å². The molecule has 0 spiro atoms. The van der Waals surface area contributed by atoms with Crippen molar-refractivity contribution in [3.05, 3.63) is 46.5 Å². The van der Waals surface area contributed by atoms with Crippen LogP contribution >= 0.6 is 0 Å². The van der Waals surface area contributed by atoms with E-state index in [4.69, 9.17) is 14.7 Å². The molecule has 2 N–H and O–H groups in total. The maximum atomic E-state index is 11.9. The second-order valence-electron chi connectivity index (χ2n) is 5.76. The van der Waals surface area contributed by atoms with Crippen LogP contribution in [0.4, 0.5) is 0 Å². The number of nitrogens with zero attached hydrogens (tertiary/aromatic N) is 3. The molecule has 0 unspecified atom stereocenters. The van der Waals surface area contributed by atoms with E-state index >= 15 is 0 Å². The number of hydrogen-bond acceptors (Lipinski definition) is 6. The lowest BCUT2D eigenvalue weighted by molar-refractivity contribution is 0.229. The van der Waals surface area contributed by atoms with Crippen LogP contribution in [0.2, 0.25) is 0 Å². The van der Waals surface area contributed by atoms with Gasteiger partial charge in [0.15, 0.2) is 11.4 Å². The molecule has 0 bridgehead atoms. The van der Waals surface area contributed by atoms with Gasteiger partial charge in [-0.1, -0.05) is 17.3 Å². The third-order valence-corrected chi connectivity index (χ3v) is 4.28. The number of aryl methyl sites for hydroxylation is 2. The van der Waals surface area contributed by atoms with Crippen molar-refractivity contribution in [2.75, 3.05) is 0 Å². The lowest BCUT2D eigenvalue weighted by atomic mass is 9.77. The van der Waals surface area contributed by atoms with Crippen LogP contribution in [0, 0.1) is 0 Å². The summed E-state index contributed by atoms with van der Waals surface area (Å²) < 4.78 is 12.0. The molecule has 1 saturated carbocycles. The summed E-state index contributed by atoms with van der Waals surface area (Å²) in [6.45, 7) is 0.426. The minimum absolute atomic E-state index is 0.379. The van der Waals surface area contributed by atoms with Gasteiger partial charge in [0.2, 0.25) is 5.89 Å². The minimum atomic E-state index is -0.430. The molecule has 2 aromatic heterocycles. The van der Waals surface area contributed by atoms with Gasteiger partial charge in [0.05, 0.1) is 11.1 Å². The Morgan fingerprint density at radius 3 is 2.91 bits per heavy atom. The van der Waals surface area contributed by atoms with Crippen molar-refractivity contribution in [1.29, 1.82) is 0 Å². The van der Waals surface area contributed by atoms with Crippen molar-refractivity contribution in [3.8, 4) is 0 Å². The van der Waals surface area contributed by atoms with Crippen LogP contribution in [0.25, 0.3) is 11.1 Å². The van der Waals surface area contributed by atoms with Crippen molar-refractivity contribution >= 4 is 11.1 Å². The van der Waals surface area contributed by atoms with Crippen LogP contribution in [0.15, 0.2) is 38.0 Å². The lowest BCUT2D eigenvalue weighted by Gasteiger charge is -2.34. The van der Waals surface area contributed by atoms with Gasteiger partial charge in [0, 0.05) is 13.0 Å². The SMILES string of the molecule is NC1(c2noc(CCn3c(=O)oc4ccccc43)n2)CCC1. The zero-order valence-electron chi connectivity index (χ0n) is 12.0. The van der Waals surface area contributed by atoms with E-state index in [1.165, 1.54) is 0 Å². The highest BCUT2D eigenvalue weighted by Gasteiger charge is 2.38. The summed E-state index contributed by atoms with van der Waals surface area (Å²) in [4.78, 5) is 16.3. The molecule has 0 saturated heterocycles. The van der Waals surface area contributed by atoms with Gasteiger partial charge >= 0.3 is 5.76 Å². The Bertz CT molecular complexity index is 872. The Morgan fingerprint density at radius 1 is 1.32 bits per heavy atom. The molecule has 2 heterocycles. The molecule has 114 valence electrons. The normalized spacial score (nSPS) is 16.8. The zero-order valence-corrected chi connectivity index (χ0v) is 12.0. The predicted molar refractivity (Wildman–Crippen MR) is 78.2 cm³/mol. The molecular weight excluding hydrogens is 284 g/mol. The molecule has 7 nitrogen and oxygen atoms in total. The van der Waals surface area contributed by atoms with Crippen LogP contribution < -0.4 is 11.5 Å². The molecule has 7 heteroatoms. The molecule has 4 rings (SSSR count). The summed E-state index contributed by atoms with van der Waals surface area (Å²) in [7, 11) is 0. The Morgan fingerprint density at radius 2 is 2.14 bits per heavy atom. The Balaban J connectivity index is 1.55. The van der Waals surface area contributed by atoms with Gasteiger partial charge in [-0.05, 0) is 31.4 Å². The van der Waals surface area contributed by atoms with E-state index in [-0.39, 0.29) is 5.76 Å². The second-order valence-corrected chi connectivity index (χ2v) is 5.76. The largest absolute Gasteiger partial charge is 0.419 e. The summed E-state index contributed by atoms with van der Waals surface area (Å²) >= 11 is 0. The van der Waals surface area contributed by atoms with Gasteiger partial charge in [0.25, 0.3) is 0 Å². The number of hydrogen-bond donors (Lipinski definition) is 1. The fourth-order valence-corrected chi connectivity index (χ4v) is 2.77. The molecule has 1 fully saturated rings. The Kier molecular flexibility index (Phi) is 2.90. The Labute approximate surface area is 125 Å². The Hall–Kier alpha value is -2.41. The first-order valence-corrected chi connectivity index (χ1v) is 7.36. The molecule has 22 heavy (non-hydrogen) atoms. The monoisotopic (exact) mass is 300 g/mol. The number of benzene rings is 1. The van der Waals surface area contributed by atoms with Crippen molar-refractivity contribution in [1.82, 2.24) is 14.7 Å². The highest BCUT2D eigenvalue weighted by Crippen LogP contribution is 2.36. The quantitative estimate of drug-likeness (QED) is 0.784. The number of oxazole rings is 1. The summed E-state index contributed by atoms with van der Waals surface area (Å²) in [6.07, 6.45) is 3.33. The first-order chi connectivity index (χ1) is 10.7. The van der Waals surface area contributed by atoms with Crippen molar-refractivity contribution in [2.24, 2.45) is 5.73 Å². The van der Waals surface area contributed by atoms with E-state index in [0.29, 0.717) is 30.3 Å². The van der Waals surface area contributed by atoms with Gasteiger partial charge < -0.3 is 14.7 Å². The predicted octanol–water partition coefficient (Wildman–Crippen LogP) is 1.56. The molecule has 0 amide bonds. The molecule has 0 atom stereocenters. The van der Waals surface area contributed by atoms with E-state index in [1.807, 2.05) is 18.2 Å². The van der Waals surface area contributed by atoms with E-state index in [0.717, 1.165) is 24.8 Å². The van der Waals surface area contributed by atoms with Crippen LogP contribution in [0.5, 0.6) is 0 Å². The number of nitrogens with two attached hydrogens (primary N) is 1. The average molecular weight is 300 g/mol. The summed E-state index contributed by atoms with van der Waals surface area (Å²) in [5, 5.41) is 3.97. The van der Waals surface area contributed by atoms with Crippen molar-refractivity contribution < 1.29 is 8.94 Å².